The smallest absolute Gasteiger partial charge is 0.173 e. The molecule has 22 heavy (non-hydrogen) atoms. The van der Waals surface area contributed by atoms with E-state index < -0.39 is 0 Å². The number of rotatable bonds is 5. The number of benzene rings is 1. The van der Waals surface area contributed by atoms with Crippen LogP contribution >= 0.6 is 0 Å². The highest BCUT2D eigenvalue weighted by Crippen LogP contribution is 2.25. The summed E-state index contributed by atoms with van der Waals surface area (Å²) in [6.45, 7) is 8.43. The Morgan fingerprint density at radius 2 is 1.86 bits per heavy atom. The van der Waals surface area contributed by atoms with Crippen molar-refractivity contribution < 1.29 is 14.2 Å². The summed E-state index contributed by atoms with van der Waals surface area (Å²) >= 11 is 0. The Bertz CT molecular complexity index is 465. The molecule has 4 heteroatoms. The first-order valence-corrected chi connectivity index (χ1v) is 8.42. The largest absolute Gasteiger partial charge is 0.492 e. The van der Waals surface area contributed by atoms with Gasteiger partial charge in [-0.15, -0.1) is 0 Å². The number of ether oxygens (including phenoxy) is 3. The fourth-order valence-electron chi connectivity index (χ4n) is 3.49. The maximum Gasteiger partial charge on any atom is 0.173 e. The van der Waals surface area contributed by atoms with Gasteiger partial charge >= 0.3 is 0 Å². The Hall–Kier alpha value is -1.10. The fraction of sp³-hybridized carbons (Fsp3) is 0.667. The molecule has 3 rings (SSSR count). The molecule has 2 aliphatic rings. The summed E-state index contributed by atoms with van der Waals surface area (Å²) in [5, 5.41) is 0. The number of likely N-dealkylation sites (tertiary alicyclic amines) is 1. The van der Waals surface area contributed by atoms with Gasteiger partial charge in [-0.2, -0.15) is 0 Å². The molecule has 1 unspecified atom stereocenters. The number of aryl methyl sites for hydroxylation is 2. The molecule has 1 aromatic carbocycles. The molecule has 0 aromatic heterocycles. The molecule has 0 aliphatic carbocycles. The first kappa shape index (κ1) is 15.8. The molecule has 2 aliphatic heterocycles. The van der Waals surface area contributed by atoms with E-state index >= 15 is 0 Å². The Morgan fingerprint density at radius 3 is 2.59 bits per heavy atom. The molecule has 1 atom stereocenters. The molecule has 2 heterocycles. The Balaban J connectivity index is 1.55. The van der Waals surface area contributed by atoms with Crippen LogP contribution in [0.1, 0.15) is 30.4 Å². The van der Waals surface area contributed by atoms with Gasteiger partial charge in [0.15, 0.2) is 6.29 Å². The van der Waals surface area contributed by atoms with Gasteiger partial charge < -0.3 is 14.2 Å². The minimum Gasteiger partial charge on any atom is -0.492 e. The molecule has 0 N–H and O–H groups in total. The van der Waals surface area contributed by atoms with E-state index in [-0.39, 0.29) is 6.29 Å². The van der Waals surface area contributed by atoms with Crippen LogP contribution in [-0.4, -0.2) is 50.1 Å². The highest BCUT2D eigenvalue weighted by molar-refractivity contribution is 5.39. The van der Waals surface area contributed by atoms with Gasteiger partial charge in [0, 0.05) is 6.54 Å². The number of hydrogen-bond acceptors (Lipinski definition) is 4. The lowest BCUT2D eigenvalue weighted by Gasteiger charge is -2.37. The van der Waals surface area contributed by atoms with Crippen LogP contribution in [0.15, 0.2) is 18.2 Å². The van der Waals surface area contributed by atoms with E-state index in [1.165, 1.54) is 24.0 Å². The third kappa shape index (κ3) is 3.62. The average molecular weight is 305 g/mol. The summed E-state index contributed by atoms with van der Waals surface area (Å²) < 4.78 is 17.5. The second-order valence-electron chi connectivity index (χ2n) is 6.28. The molecule has 1 aromatic rings. The van der Waals surface area contributed by atoms with Crippen LogP contribution in [0.25, 0.3) is 0 Å². The summed E-state index contributed by atoms with van der Waals surface area (Å²) in [5.41, 5.74) is 2.41. The lowest BCUT2D eigenvalue weighted by Crippen LogP contribution is -2.48. The maximum absolute atomic E-state index is 6.06. The highest BCUT2D eigenvalue weighted by atomic mass is 16.7. The van der Waals surface area contributed by atoms with Crippen molar-refractivity contribution in [3.63, 3.8) is 0 Å². The van der Waals surface area contributed by atoms with E-state index in [0.29, 0.717) is 6.04 Å². The quantitative estimate of drug-likeness (QED) is 0.837. The molecule has 0 radical (unpaired) electrons. The molecule has 122 valence electrons. The minimum atomic E-state index is -0.0412. The summed E-state index contributed by atoms with van der Waals surface area (Å²) in [6, 6.07) is 6.67. The monoisotopic (exact) mass is 305 g/mol. The van der Waals surface area contributed by atoms with Gasteiger partial charge in [0.2, 0.25) is 0 Å². The van der Waals surface area contributed by atoms with Crippen LogP contribution < -0.4 is 4.74 Å². The topological polar surface area (TPSA) is 30.9 Å². The van der Waals surface area contributed by atoms with Crippen molar-refractivity contribution >= 4 is 0 Å². The number of nitrogens with zero attached hydrogens (tertiary/aromatic N) is 1. The van der Waals surface area contributed by atoms with Gasteiger partial charge in [-0.1, -0.05) is 24.6 Å². The third-order valence-corrected chi connectivity index (χ3v) is 4.66. The van der Waals surface area contributed by atoms with Crippen LogP contribution in [0.5, 0.6) is 5.75 Å². The molecule has 2 saturated heterocycles. The zero-order chi connectivity index (χ0) is 15.4. The van der Waals surface area contributed by atoms with Crippen molar-refractivity contribution in [3.05, 3.63) is 29.3 Å². The van der Waals surface area contributed by atoms with Crippen LogP contribution in [-0.2, 0) is 9.47 Å². The van der Waals surface area contributed by atoms with Crippen molar-refractivity contribution in [2.24, 2.45) is 0 Å². The molecule has 0 amide bonds. The van der Waals surface area contributed by atoms with E-state index in [2.05, 4.69) is 36.9 Å². The first-order valence-electron chi connectivity index (χ1n) is 8.42. The van der Waals surface area contributed by atoms with E-state index in [0.717, 1.165) is 45.1 Å². The lowest BCUT2D eigenvalue weighted by molar-refractivity contribution is -0.110. The first-order chi connectivity index (χ1) is 10.8. The molecular weight excluding hydrogens is 278 g/mol. The number of hydrogen-bond donors (Lipinski definition) is 0. The Kier molecular flexibility index (Phi) is 5.34. The predicted molar refractivity (Wildman–Crippen MR) is 86.3 cm³/mol. The predicted octanol–water partition coefficient (Wildman–Crippen LogP) is 2.91. The van der Waals surface area contributed by atoms with Crippen molar-refractivity contribution in [1.29, 1.82) is 0 Å². The SMILES string of the molecule is Cc1cccc(C)c1OCCN1CCCCC1C1OCCO1. The van der Waals surface area contributed by atoms with Gasteiger partial charge in [0.25, 0.3) is 0 Å². The van der Waals surface area contributed by atoms with Gasteiger partial charge in [-0.3, -0.25) is 4.90 Å². The van der Waals surface area contributed by atoms with Crippen LogP contribution in [0.2, 0.25) is 0 Å². The van der Waals surface area contributed by atoms with Crippen molar-refractivity contribution in [2.75, 3.05) is 32.9 Å². The van der Waals surface area contributed by atoms with E-state index in [4.69, 9.17) is 14.2 Å². The second-order valence-corrected chi connectivity index (χ2v) is 6.28. The Morgan fingerprint density at radius 1 is 1.14 bits per heavy atom. The van der Waals surface area contributed by atoms with Crippen molar-refractivity contribution in [2.45, 2.75) is 45.4 Å². The number of para-hydroxylation sites is 1. The van der Waals surface area contributed by atoms with Crippen LogP contribution in [0.3, 0.4) is 0 Å². The summed E-state index contributed by atoms with van der Waals surface area (Å²) in [7, 11) is 0. The molecular formula is C18H27NO3. The van der Waals surface area contributed by atoms with Crippen molar-refractivity contribution in [3.8, 4) is 5.75 Å². The minimum absolute atomic E-state index is 0.0412. The summed E-state index contributed by atoms with van der Waals surface area (Å²) in [5.74, 6) is 1.03. The highest BCUT2D eigenvalue weighted by Gasteiger charge is 2.33. The third-order valence-electron chi connectivity index (χ3n) is 4.66. The molecule has 0 spiro atoms. The Labute approximate surface area is 133 Å². The zero-order valence-electron chi connectivity index (χ0n) is 13.7. The lowest BCUT2D eigenvalue weighted by atomic mass is 10.0. The van der Waals surface area contributed by atoms with E-state index in [1.54, 1.807) is 0 Å². The van der Waals surface area contributed by atoms with Gasteiger partial charge in [0.05, 0.1) is 19.3 Å². The van der Waals surface area contributed by atoms with E-state index in [1.807, 2.05) is 0 Å². The normalized spacial score (nSPS) is 23.8. The van der Waals surface area contributed by atoms with Crippen LogP contribution in [0, 0.1) is 13.8 Å². The van der Waals surface area contributed by atoms with Gasteiger partial charge in [-0.05, 0) is 44.4 Å². The zero-order valence-corrected chi connectivity index (χ0v) is 13.7. The molecule has 0 bridgehead atoms. The molecule has 4 nitrogen and oxygen atoms in total. The van der Waals surface area contributed by atoms with Crippen LogP contribution in [0.4, 0.5) is 0 Å². The summed E-state index contributed by atoms with van der Waals surface area (Å²) in [6.07, 6.45) is 3.64. The number of piperidine rings is 1. The fourth-order valence-corrected chi connectivity index (χ4v) is 3.49. The molecule has 2 fully saturated rings. The standard InChI is InChI=1S/C18H27NO3/c1-14-6-5-7-15(2)17(14)20-11-10-19-9-4-3-8-16(19)18-21-12-13-22-18/h5-7,16,18H,3-4,8-13H2,1-2H3. The second kappa shape index (κ2) is 7.44. The van der Waals surface area contributed by atoms with Gasteiger partial charge in [-0.25, -0.2) is 0 Å². The maximum atomic E-state index is 6.06. The van der Waals surface area contributed by atoms with Crippen molar-refractivity contribution in [1.82, 2.24) is 4.90 Å². The molecule has 0 saturated carbocycles. The van der Waals surface area contributed by atoms with Gasteiger partial charge in [0.1, 0.15) is 12.4 Å². The summed E-state index contributed by atoms with van der Waals surface area (Å²) in [4.78, 5) is 2.48. The average Bonchev–Trinajstić information content (AvgIpc) is 3.05. The van der Waals surface area contributed by atoms with E-state index in [9.17, 15) is 0 Å².